The number of amides is 2. The maximum absolute atomic E-state index is 13.5. The van der Waals surface area contributed by atoms with Gasteiger partial charge in [0.2, 0.25) is 21.7 Å². The van der Waals surface area contributed by atoms with Gasteiger partial charge >= 0.3 is 5.97 Å². The summed E-state index contributed by atoms with van der Waals surface area (Å²) in [6.07, 6.45) is 2.57. The van der Waals surface area contributed by atoms with Gasteiger partial charge in [0.25, 0.3) is 5.12 Å². The number of thioether (sulfide) groups is 1. The zero-order chi connectivity index (χ0) is 31.9. The van der Waals surface area contributed by atoms with Gasteiger partial charge in [0.1, 0.15) is 12.1 Å². The fourth-order valence-corrected chi connectivity index (χ4v) is 5.16. The molecule has 8 N–H and O–H groups in total. The molecule has 234 valence electrons. The molecule has 0 spiro atoms. The minimum absolute atomic E-state index is 0.0496. The zero-order valence-electron chi connectivity index (χ0n) is 24.2. The molecule has 0 aromatic heterocycles. The summed E-state index contributed by atoms with van der Waals surface area (Å²) in [7, 11) is -4.31. The van der Waals surface area contributed by atoms with E-state index in [0.29, 0.717) is 29.6 Å². The van der Waals surface area contributed by atoms with Crippen molar-refractivity contribution in [3.8, 4) is 0 Å². The number of aliphatic imine (C=N–C) groups is 1. The van der Waals surface area contributed by atoms with Crippen LogP contribution in [0.4, 0.5) is 0 Å². The fraction of sp³-hybridized carbons (Fsp3) is 0.519. The Kier molecular flexibility index (Phi) is 15.8. The van der Waals surface area contributed by atoms with Gasteiger partial charge in [0.15, 0.2) is 5.96 Å². The van der Waals surface area contributed by atoms with Gasteiger partial charge in [0, 0.05) is 18.5 Å². The van der Waals surface area contributed by atoms with Crippen molar-refractivity contribution >= 4 is 50.5 Å². The Balaban J connectivity index is 3.21. The monoisotopic (exact) mass is 626 g/mol. The van der Waals surface area contributed by atoms with Crippen molar-refractivity contribution in [2.24, 2.45) is 22.4 Å². The van der Waals surface area contributed by atoms with Crippen LogP contribution in [0.3, 0.4) is 0 Å². The number of carboxylic acids is 1. The normalized spacial score (nSPS) is 13.4. The number of rotatable bonds is 19. The first-order valence-corrected chi connectivity index (χ1v) is 16.3. The van der Waals surface area contributed by atoms with Crippen LogP contribution >= 0.6 is 11.8 Å². The van der Waals surface area contributed by atoms with Gasteiger partial charge in [0.05, 0.1) is 11.6 Å². The molecule has 42 heavy (non-hydrogen) atoms. The van der Waals surface area contributed by atoms with Gasteiger partial charge in [-0.15, -0.1) is 0 Å². The van der Waals surface area contributed by atoms with E-state index in [9.17, 15) is 32.7 Å². The van der Waals surface area contributed by atoms with Crippen molar-refractivity contribution < 1.29 is 32.7 Å². The van der Waals surface area contributed by atoms with Crippen LogP contribution in [0, 0.1) is 5.92 Å². The molecule has 3 unspecified atom stereocenters. The van der Waals surface area contributed by atoms with Crippen LogP contribution in [-0.2, 0) is 30.8 Å². The molecule has 0 heterocycles. The molecule has 0 radical (unpaired) electrons. The topological polar surface area (TPSA) is 223 Å². The molecule has 0 bridgehead atoms. The third-order valence-electron chi connectivity index (χ3n) is 6.10. The lowest BCUT2D eigenvalue weighted by molar-refractivity contribution is -0.131. The summed E-state index contributed by atoms with van der Waals surface area (Å²) in [4.78, 5) is 55.0. The molecule has 13 nitrogen and oxygen atoms in total. The van der Waals surface area contributed by atoms with Crippen LogP contribution in [0.25, 0.3) is 0 Å². The van der Waals surface area contributed by atoms with Crippen molar-refractivity contribution in [1.29, 1.82) is 0 Å². The van der Waals surface area contributed by atoms with E-state index in [4.69, 9.17) is 11.5 Å². The highest BCUT2D eigenvalue weighted by Gasteiger charge is 2.33. The van der Waals surface area contributed by atoms with Crippen LogP contribution in [0.5, 0.6) is 0 Å². The van der Waals surface area contributed by atoms with Crippen LogP contribution in [0.15, 0.2) is 41.2 Å². The molecule has 1 rings (SSSR count). The summed E-state index contributed by atoms with van der Waals surface area (Å²) >= 11 is 1.37. The number of nitrogens with two attached hydrogens (primary N) is 2. The summed E-state index contributed by atoms with van der Waals surface area (Å²) in [5.74, 6) is -2.05. The molecule has 1 aromatic rings. The van der Waals surface area contributed by atoms with Gasteiger partial charge in [-0.3, -0.25) is 19.4 Å². The summed E-state index contributed by atoms with van der Waals surface area (Å²) < 4.78 is 24.4. The average molecular weight is 627 g/mol. The van der Waals surface area contributed by atoms with Crippen molar-refractivity contribution in [2.45, 2.75) is 64.2 Å². The number of benzene rings is 1. The molecule has 1 aromatic carbocycles. The summed E-state index contributed by atoms with van der Waals surface area (Å²) in [6.45, 7) is 7.25. The van der Waals surface area contributed by atoms with Gasteiger partial charge in [-0.1, -0.05) is 38.6 Å². The van der Waals surface area contributed by atoms with E-state index in [0.717, 1.165) is 0 Å². The number of aromatic carboxylic acids is 1. The summed E-state index contributed by atoms with van der Waals surface area (Å²) in [6, 6.07) is 3.12. The smallest absolute Gasteiger partial charge is 0.336 e. The van der Waals surface area contributed by atoms with Crippen LogP contribution in [0.2, 0.25) is 0 Å². The maximum Gasteiger partial charge on any atom is 0.336 e. The lowest BCUT2D eigenvalue weighted by Gasteiger charge is -2.26. The summed E-state index contributed by atoms with van der Waals surface area (Å²) in [5.41, 5.74) is 11.3. The van der Waals surface area contributed by atoms with E-state index in [2.05, 4.69) is 27.5 Å². The van der Waals surface area contributed by atoms with Crippen molar-refractivity contribution in [2.75, 3.05) is 18.6 Å². The Hall–Kier alpha value is -3.43. The fourth-order valence-electron chi connectivity index (χ4n) is 3.95. The Morgan fingerprint density at radius 1 is 1.05 bits per heavy atom. The first-order chi connectivity index (χ1) is 19.7. The Labute approximate surface area is 251 Å². The van der Waals surface area contributed by atoms with Gasteiger partial charge in [-0.2, -0.15) is 11.8 Å². The average Bonchev–Trinajstić information content (AvgIpc) is 2.93. The number of sulfone groups is 1. The maximum atomic E-state index is 13.5. The number of hydrogen-bond donors (Lipinski definition) is 6. The third kappa shape index (κ3) is 12.6. The number of carboxylic acid groups (broad SMARTS) is 1. The zero-order valence-corrected chi connectivity index (χ0v) is 25.8. The second-order valence-corrected chi connectivity index (χ2v) is 12.7. The predicted molar refractivity (Wildman–Crippen MR) is 164 cm³/mol. The van der Waals surface area contributed by atoms with E-state index >= 15 is 0 Å². The largest absolute Gasteiger partial charge is 0.478 e. The standard InChI is InChI=1S/C27H42N6O7S2/c1-5-42(39,40)26(38)21(12-14-41-4)33-23(34)20(11-8-13-30-27(28)29)32-24(35)22(15-17(2)3)31-16-18-9-6-7-10-19(18)25(36)37/h5-7,9-10,17,20-22,31H,1,8,11-16H2,2-4H3,(H,32,35)(H,33,34)(H,36,37)(H4,28,29,30). The van der Waals surface area contributed by atoms with Crippen LogP contribution in [-0.4, -0.2) is 79.1 Å². The molecule has 3 atom stereocenters. The first-order valence-electron chi connectivity index (χ1n) is 13.3. The molecule has 2 amide bonds. The van der Waals surface area contributed by atoms with Crippen molar-refractivity contribution in [1.82, 2.24) is 16.0 Å². The summed E-state index contributed by atoms with van der Waals surface area (Å²) in [5, 5.41) is 17.1. The highest BCUT2D eigenvalue weighted by molar-refractivity contribution is 8.08. The third-order valence-corrected chi connectivity index (χ3v) is 8.03. The van der Waals surface area contributed by atoms with E-state index in [1.807, 2.05) is 13.8 Å². The van der Waals surface area contributed by atoms with Crippen molar-refractivity contribution in [3.63, 3.8) is 0 Å². The Bertz CT molecular complexity index is 1230. The minimum Gasteiger partial charge on any atom is -0.478 e. The lowest BCUT2D eigenvalue weighted by Crippen LogP contribution is -2.55. The second kappa shape index (κ2) is 18.2. The molecule has 0 fully saturated rings. The number of nitrogens with zero attached hydrogens (tertiary/aromatic N) is 1. The number of carbonyl (C=O) groups is 4. The lowest BCUT2D eigenvalue weighted by atomic mass is 10.0. The van der Waals surface area contributed by atoms with E-state index < -0.39 is 50.9 Å². The Morgan fingerprint density at radius 2 is 1.67 bits per heavy atom. The molecular weight excluding hydrogens is 584 g/mol. The minimum atomic E-state index is -4.31. The number of nitrogens with one attached hydrogen (secondary N) is 3. The molecule has 0 aliphatic heterocycles. The SMILES string of the molecule is C=CS(=O)(=O)C(=O)C(CCSC)NC(=O)C(CCCN=C(N)N)NC(=O)C(CC(C)C)NCc1ccccc1C(=O)O. The Morgan fingerprint density at radius 3 is 2.24 bits per heavy atom. The molecular formula is C27H42N6O7S2. The highest BCUT2D eigenvalue weighted by Crippen LogP contribution is 2.13. The molecule has 0 saturated carbocycles. The van der Waals surface area contributed by atoms with E-state index in [1.165, 1.54) is 17.8 Å². The number of guanidine groups is 1. The van der Waals surface area contributed by atoms with E-state index in [-0.39, 0.29) is 43.4 Å². The second-order valence-electron chi connectivity index (χ2n) is 9.91. The molecule has 0 aliphatic rings. The first kappa shape index (κ1) is 36.6. The van der Waals surface area contributed by atoms with Crippen LogP contribution in [0.1, 0.15) is 55.5 Å². The molecule has 0 saturated heterocycles. The van der Waals surface area contributed by atoms with Gasteiger partial charge in [-0.25, -0.2) is 13.2 Å². The predicted octanol–water partition coefficient (Wildman–Crippen LogP) is 0.750. The number of carbonyl (C=O) groups excluding carboxylic acids is 3. The highest BCUT2D eigenvalue weighted by atomic mass is 32.2. The quantitative estimate of drug-likeness (QED) is 0.0714. The molecule has 0 aliphatic carbocycles. The van der Waals surface area contributed by atoms with Crippen molar-refractivity contribution in [3.05, 3.63) is 47.4 Å². The van der Waals surface area contributed by atoms with Gasteiger partial charge < -0.3 is 32.5 Å². The van der Waals surface area contributed by atoms with E-state index in [1.54, 1.807) is 24.5 Å². The van der Waals surface area contributed by atoms with Crippen LogP contribution < -0.4 is 27.4 Å². The van der Waals surface area contributed by atoms with Gasteiger partial charge in [-0.05, 0) is 55.2 Å². The number of hydrogen-bond acceptors (Lipinski definition) is 9. The molecule has 15 heteroatoms.